The minimum absolute atomic E-state index is 0.0937. The summed E-state index contributed by atoms with van der Waals surface area (Å²) in [5.41, 5.74) is 3.27. The van der Waals surface area contributed by atoms with Gasteiger partial charge in [0.05, 0.1) is 3.57 Å². The molecule has 82 valence electrons. The van der Waals surface area contributed by atoms with Gasteiger partial charge in [0.25, 0.3) is 5.56 Å². The molecular weight excluding hydrogens is 315 g/mol. The number of aromatic amines is 1. The van der Waals surface area contributed by atoms with Crippen LogP contribution in [0.4, 0.5) is 0 Å². The summed E-state index contributed by atoms with van der Waals surface area (Å²) in [6.07, 6.45) is 1.59. The van der Waals surface area contributed by atoms with E-state index in [0.29, 0.717) is 9.39 Å². The van der Waals surface area contributed by atoms with Gasteiger partial charge in [0.1, 0.15) is 5.82 Å². The molecule has 2 rings (SSSR count). The molecule has 0 amide bonds. The normalized spacial score (nSPS) is 10.4. The predicted octanol–water partition coefficient (Wildman–Crippen LogP) is 2.66. The number of hydrogen-bond donors (Lipinski definition) is 1. The number of nitrogens with one attached hydrogen (secondary N) is 1. The second-order valence-corrected chi connectivity index (χ2v) is 4.87. The van der Waals surface area contributed by atoms with Crippen LogP contribution in [0, 0.1) is 17.4 Å². The van der Waals surface area contributed by atoms with E-state index in [9.17, 15) is 4.79 Å². The smallest absolute Gasteiger partial charge is 0.264 e. The maximum atomic E-state index is 11.5. The maximum Gasteiger partial charge on any atom is 0.264 e. The van der Waals surface area contributed by atoms with E-state index >= 15 is 0 Å². The fourth-order valence-corrected chi connectivity index (χ4v) is 1.69. The van der Waals surface area contributed by atoms with Crippen LogP contribution in [0.5, 0.6) is 0 Å². The van der Waals surface area contributed by atoms with Crippen molar-refractivity contribution in [3.63, 3.8) is 0 Å². The lowest BCUT2D eigenvalue weighted by molar-refractivity contribution is 1.10. The zero-order valence-corrected chi connectivity index (χ0v) is 11.2. The van der Waals surface area contributed by atoms with Gasteiger partial charge in [0, 0.05) is 11.8 Å². The van der Waals surface area contributed by atoms with Crippen molar-refractivity contribution in [1.82, 2.24) is 9.97 Å². The molecule has 0 fully saturated rings. The van der Waals surface area contributed by atoms with Gasteiger partial charge in [-0.1, -0.05) is 12.1 Å². The highest BCUT2D eigenvalue weighted by Crippen LogP contribution is 2.17. The summed E-state index contributed by atoms with van der Waals surface area (Å²) in [7, 11) is 0. The molecule has 0 spiro atoms. The van der Waals surface area contributed by atoms with Crippen LogP contribution in [-0.2, 0) is 0 Å². The topological polar surface area (TPSA) is 45.8 Å². The number of aromatic nitrogens is 2. The fraction of sp³-hybridized carbons (Fsp3) is 0.167. The van der Waals surface area contributed by atoms with Crippen LogP contribution >= 0.6 is 22.6 Å². The first-order valence-electron chi connectivity index (χ1n) is 4.90. The highest BCUT2D eigenvalue weighted by molar-refractivity contribution is 14.1. The Bertz CT molecular complexity index is 590. The Kier molecular flexibility index (Phi) is 3.09. The number of nitrogens with zero attached hydrogens (tertiary/aromatic N) is 1. The molecule has 16 heavy (non-hydrogen) atoms. The average molecular weight is 326 g/mol. The standard InChI is InChI=1S/C12H11IN2O/c1-7-3-4-9(5-8(7)2)11-14-6-10(13)12(16)15-11/h3-6H,1-2H3,(H,14,15,16). The van der Waals surface area contributed by atoms with Gasteiger partial charge in [-0.25, -0.2) is 4.98 Å². The second-order valence-electron chi connectivity index (χ2n) is 3.71. The van der Waals surface area contributed by atoms with E-state index in [1.807, 2.05) is 47.7 Å². The van der Waals surface area contributed by atoms with Gasteiger partial charge in [0.2, 0.25) is 0 Å². The molecule has 1 aromatic carbocycles. The largest absolute Gasteiger partial charge is 0.306 e. The Hall–Kier alpha value is -1.17. The van der Waals surface area contributed by atoms with Crippen molar-refractivity contribution in [2.75, 3.05) is 0 Å². The molecule has 1 aromatic heterocycles. The predicted molar refractivity (Wildman–Crippen MR) is 72.5 cm³/mol. The third kappa shape index (κ3) is 2.16. The van der Waals surface area contributed by atoms with Gasteiger partial charge in [0.15, 0.2) is 0 Å². The number of hydrogen-bond acceptors (Lipinski definition) is 2. The first-order valence-corrected chi connectivity index (χ1v) is 5.98. The Balaban J connectivity index is 2.55. The van der Waals surface area contributed by atoms with E-state index in [1.165, 1.54) is 11.1 Å². The molecule has 0 unspecified atom stereocenters. The van der Waals surface area contributed by atoms with E-state index < -0.39 is 0 Å². The quantitative estimate of drug-likeness (QED) is 0.819. The monoisotopic (exact) mass is 326 g/mol. The summed E-state index contributed by atoms with van der Waals surface area (Å²) in [6.45, 7) is 4.10. The van der Waals surface area contributed by atoms with Crippen LogP contribution < -0.4 is 5.56 Å². The fourth-order valence-electron chi connectivity index (χ4n) is 1.41. The van der Waals surface area contributed by atoms with E-state index in [1.54, 1.807) is 6.20 Å². The summed E-state index contributed by atoms with van der Waals surface area (Å²) in [5, 5.41) is 0. The van der Waals surface area contributed by atoms with E-state index in [4.69, 9.17) is 0 Å². The summed E-state index contributed by atoms with van der Waals surface area (Å²) in [6, 6.07) is 6.02. The third-order valence-corrected chi connectivity index (χ3v) is 3.30. The van der Waals surface area contributed by atoms with Crippen LogP contribution in [0.25, 0.3) is 11.4 Å². The molecular formula is C12H11IN2O. The lowest BCUT2D eigenvalue weighted by Crippen LogP contribution is -2.11. The Morgan fingerprint density at radius 1 is 1.25 bits per heavy atom. The van der Waals surface area contributed by atoms with E-state index in [-0.39, 0.29) is 5.56 Å². The van der Waals surface area contributed by atoms with Crippen molar-refractivity contribution in [3.8, 4) is 11.4 Å². The molecule has 3 nitrogen and oxygen atoms in total. The lowest BCUT2D eigenvalue weighted by atomic mass is 10.1. The SMILES string of the molecule is Cc1ccc(-c2ncc(I)c(=O)[nH]2)cc1C. The summed E-state index contributed by atoms with van der Waals surface area (Å²) in [5.74, 6) is 0.619. The molecule has 0 aliphatic rings. The molecule has 0 radical (unpaired) electrons. The highest BCUT2D eigenvalue weighted by atomic mass is 127. The average Bonchev–Trinajstić information content (AvgIpc) is 2.26. The molecule has 0 saturated heterocycles. The molecule has 0 aliphatic heterocycles. The zero-order chi connectivity index (χ0) is 11.7. The summed E-state index contributed by atoms with van der Waals surface area (Å²) < 4.78 is 0.602. The van der Waals surface area contributed by atoms with Gasteiger partial charge in [-0.05, 0) is 53.6 Å². The number of rotatable bonds is 1. The van der Waals surface area contributed by atoms with Crippen LogP contribution in [0.1, 0.15) is 11.1 Å². The van der Waals surface area contributed by atoms with Crippen LogP contribution in [0.3, 0.4) is 0 Å². The van der Waals surface area contributed by atoms with Crippen molar-refractivity contribution in [2.45, 2.75) is 13.8 Å². The minimum atomic E-state index is -0.0937. The molecule has 4 heteroatoms. The Morgan fingerprint density at radius 3 is 2.62 bits per heavy atom. The summed E-state index contributed by atoms with van der Waals surface area (Å²) >= 11 is 1.97. The van der Waals surface area contributed by atoms with Gasteiger partial charge >= 0.3 is 0 Å². The molecule has 1 N–H and O–H groups in total. The maximum absolute atomic E-state index is 11.5. The van der Waals surface area contributed by atoms with Gasteiger partial charge < -0.3 is 4.98 Å². The van der Waals surface area contributed by atoms with Crippen LogP contribution in [0.2, 0.25) is 0 Å². The van der Waals surface area contributed by atoms with E-state index in [0.717, 1.165) is 5.56 Å². The first kappa shape index (κ1) is 11.3. The van der Waals surface area contributed by atoms with Crippen molar-refractivity contribution in [2.24, 2.45) is 0 Å². The second kappa shape index (κ2) is 4.37. The van der Waals surface area contributed by atoms with Gasteiger partial charge in [-0.3, -0.25) is 4.79 Å². The van der Waals surface area contributed by atoms with Crippen molar-refractivity contribution in [1.29, 1.82) is 0 Å². The molecule has 1 heterocycles. The van der Waals surface area contributed by atoms with Crippen LogP contribution in [0.15, 0.2) is 29.2 Å². The van der Waals surface area contributed by atoms with Gasteiger partial charge in [-0.15, -0.1) is 0 Å². The van der Waals surface area contributed by atoms with Crippen molar-refractivity contribution >= 4 is 22.6 Å². The van der Waals surface area contributed by atoms with Crippen molar-refractivity contribution in [3.05, 3.63) is 49.4 Å². The molecule has 2 aromatic rings. The minimum Gasteiger partial charge on any atom is -0.306 e. The number of halogens is 1. The van der Waals surface area contributed by atoms with E-state index in [2.05, 4.69) is 16.9 Å². The van der Waals surface area contributed by atoms with Gasteiger partial charge in [-0.2, -0.15) is 0 Å². The third-order valence-electron chi connectivity index (χ3n) is 2.54. The highest BCUT2D eigenvalue weighted by Gasteiger charge is 2.03. The molecule has 0 saturated carbocycles. The Morgan fingerprint density at radius 2 is 2.00 bits per heavy atom. The first-order chi connectivity index (χ1) is 7.58. The summed E-state index contributed by atoms with van der Waals surface area (Å²) in [4.78, 5) is 18.4. The van der Waals surface area contributed by atoms with Crippen molar-refractivity contribution < 1.29 is 0 Å². The molecule has 0 bridgehead atoms. The molecule has 0 aliphatic carbocycles. The lowest BCUT2D eigenvalue weighted by Gasteiger charge is -2.04. The zero-order valence-electron chi connectivity index (χ0n) is 9.04. The number of H-pyrrole nitrogens is 1. The number of aryl methyl sites for hydroxylation is 2. The molecule has 0 atom stereocenters. The number of benzene rings is 1. The Labute approximate surface area is 107 Å². The van der Waals surface area contributed by atoms with Crippen LogP contribution in [-0.4, -0.2) is 9.97 Å².